The maximum atomic E-state index is 6.30. The second-order valence-corrected chi connectivity index (χ2v) is 11.7. The highest BCUT2D eigenvalue weighted by atomic mass is 16.3. The zero-order chi connectivity index (χ0) is 30.2. The summed E-state index contributed by atoms with van der Waals surface area (Å²) in [5.41, 5.74) is 5.63. The lowest BCUT2D eigenvalue weighted by molar-refractivity contribution is 0.669. The number of fused-ring (bicyclic) bond motifs is 10. The molecule has 5 nitrogen and oxygen atoms in total. The average molecular weight is 589 g/mol. The molecule has 7 aromatic carbocycles. The molecular formula is C41H24N4O. The summed E-state index contributed by atoms with van der Waals surface area (Å²) >= 11 is 0. The van der Waals surface area contributed by atoms with Crippen molar-refractivity contribution in [3.63, 3.8) is 0 Å². The summed E-state index contributed by atoms with van der Waals surface area (Å²) in [5, 5.41) is 9.23. The molecule has 0 saturated heterocycles. The van der Waals surface area contributed by atoms with Gasteiger partial charge in [-0.2, -0.15) is 9.97 Å². The third-order valence-corrected chi connectivity index (χ3v) is 9.04. The van der Waals surface area contributed by atoms with Crippen LogP contribution in [0.5, 0.6) is 0 Å². The Morgan fingerprint density at radius 1 is 0.413 bits per heavy atom. The van der Waals surface area contributed by atoms with Crippen molar-refractivity contribution in [3.8, 4) is 28.7 Å². The van der Waals surface area contributed by atoms with E-state index in [9.17, 15) is 0 Å². The topological polar surface area (TPSA) is 56.7 Å². The first-order valence-electron chi connectivity index (χ1n) is 15.4. The molecule has 3 heterocycles. The quantitative estimate of drug-likeness (QED) is 0.206. The van der Waals surface area contributed by atoms with Crippen molar-refractivity contribution in [2.45, 2.75) is 0 Å². The van der Waals surface area contributed by atoms with Gasteiger partial charge in [0.25, 0.3) is 0 Å². The van der Waals surface area contributed by atoms with Crippen molar-refractivity contribution in [3.05, 3.63) is 146 Å². The lowest BCUT2D eigenvalue weighted by Gasteiger charge is -2.11. The first-order valence-corrected chi connectivity index (χ1v) is 15.4. The highest BCUT2D eigenvalue weighted by molar-refractivity contribution is 6.21. The molecule has 0 radical (unpaired) electrons. The first-order chi connectivity index (χ1) is 22.8. The van der Waals surface area contributed by atoms with E-state index in [2.05, 4.69) is 108 Å². The van der Waals surface area contributed by atoms with Crippen LogP contribution in [0.1, 0.15) is 0 Å². The molecule has 3 aromatic heterocycles. The summed E-state index contributed by atoms with van der Waals surface area (Å²) in [5.74, 6) is 1.80. The molecule has 214 valence electrons. The molecule has 0 aliphatic rings. The van der Waals surface area contributed by atoms with E-state index < -0.39 is 0 Å². The van der Waals surface area contributed by atoms with Crippen LogP contribution in [-0.4, -0.2) is 19.5 Å². The largest absolute Gasteiger partial charge is 0.456 e. The van der Waals surface area contributed by atoms with Gasteiger partial charge < -0.3 is 4.42 Å². The molecule has 0 spiro atoms. The van der Waals surface area contributed by atoms with Gasteiger partial charge in [-0.05, 0) is 57.9 Å². The number of benzene rings is 7. The van der Waals surface area contributed by atoms with E-state index in [4.69, 9.17) is 19.4 Å². The Hall–Kier alpha value is -6.33. The van der Waals surface area contributed by atoms with E-state index in [0.717, 1.165) is 54.9 Å². The fourth-order valence-corrected chi connectivity index (χ4v) is 6.95. The molecule has 0 aliphatic carbocycles. The van der Waals surface area contributed by atoms with E-state index in [0.29, 0.717) is 17.6 Å². The van der Waals surface area contributed by atoms with Crippen molar-refractivity contribution in [1.82, 2.24) is 19.5 Å². The minimum absolute atomic E-state index is 0.577. The van der Waals surface area contributed by atoms with E-state index in [1.54, 1.807) is 0 Å². The van der Waals surface area contributed by atoms with Gasteiger partial charge >= 0.3 is 0 Å². The molecule has 0 saturated carbocycles. The Morgan fingerprint density at radius 2 is 1.04 bits per heavy atom. The van der Waals surface area contributed by atoms with E-state index in [1.165, 1.54) is 21.5 Å². The lowest BCUT2D eigenvalue weighted by atomic mass is 10.0. The fraction of sp³-hybridized carbons (Fsp3) is 0. The fourth-order valence-electron chi connectivity index (χ4n) is 6.95. The van der Waals surface area contributed by atoms with Crippen LogP contribution in [-0.2, 0) is 0 Å². The number of nitrogens with zero attached hydrogens (tertiary/aromatic N) is 4. The molecule has 0 bridgehead atoms. The van der Waals surface area contributed by atoms with Gasteiger partial charge in [-0.3, -0.25) is 4.57 Å². The van der Waals surface area contributed by atoms with Crippen LogP contribution >= 0.6 is 0 Å². The Bertz CT molecular complexity index is 2810. The molecule has 0 amide bonds. The zero-order valence-electron chi connectivity index (χ0n) is 24.6. The van der Waals surface area contributed by atoms with Gasteiger partial charge in [-0.1, -0.05) is 109 Å². The van der Waals surface area contributed by atoms with Gasteiger partial charge in [-0.15, -0.1) is 0 Å². The summed E-state index contributed by atoms with van der Waals surface area (Å²) in [4.78, 5) is 15.4. The molecule has 10 rings (SSSR count). The summed E-state index contributed by atoms with van der Waals surface area (Å²) in [6.07, 6.45) is 0. The predicted octanol–water partition coefficient (Wildman–Crippen LogP) is 10.5. The normalized spacial score (nSPS) is 11.9. The van der Waals surface area contributed by atoms with Crippen molar-refractivity contribution in [1.29, 1.82) is 0 Å². The third-order valence-electron chi connectivity index (χ3n) is 9.04. The molecule has 10 aromatic rings. The molecule has 46 heavy (non-hydrogen) atoms. The SMILES string of the molecule is c1ccc(-c2nc(-c3ccc4oc5ccc6ccccc6c5c4c3)nc(-n3c4ccccc4c4c5ccccc5ccc43)n2)cc1. The van der Waals surface area contributed by atoms with Gasteiger partial charge in [0.05, 0.1) is 11.0 Å². The van der Waals surface area contributed by atoms with E-state index in [-0.39, 0.29) is 0 Å². The molecule has 0 N–H and O–H groups in total. The van der Waals surface area contributed by atoms with E-state index in [1.807, 2.05) is 42.5 Å². The number of para-hydroxylation sites is 1. The monoisotopic (exact) mass is 588 g/mol. The molecule has 5 heteroatoms. The maximum absolute atomic E-state index is 6.30. The summed E-state index contributed by atoms with van der Waals surface area (Å²) in [6, 6.07) is 50.3. The first kappa shape index (κ1) is 25.0. The molecule has 0 unspecified atom stereocenters. The highest BCUT2D eigenvalue weighted by Gasteiger charge is 2.20. The Labute approximate surface area is 263 Å². The number of hydrogen-bond donors (Lipinski definition) is 0. The Kier molecular flexibility index (Phi) is 5.22. The average Bonchev–Trinajstić information content (AvgIpc) is 3.68. The van der Waals surface area contributed by atoms with Crippen LogP contribution in [0.25, 0.3) is 94.0 Å². The zero-order valence-corrected chi connectivity index (χ0v) is 24.6. The second-order valence-electron chi connectivity index (χ2n) is 11.7. The van der Waals surface area contributed by atoms with Crippen molar-refractivity contribution < 1.29 is 4.42 Å². The standard InChI is InChI=1S/C41H24N4O/c1-2-12-27(13-3-1)39-42-40(28-20-22-35-32(24-28)38-30-15-7-5-11-26(30)19-23-36(38)46-35)44-41(43-39)45-33-17-9-8-16-31(33)37-29-14-6-4-10-25(29)18-21-34(37)45/h1-24H. The Balaban J connectivity index is 1.28. The molecular weight excluding hydrogens is 564 g/mol. The summed E-state index contributed by atoms with van der Waals surface area (Å²) in [6.45, 7) is 0. The van der Waals surface area contributed by atoms with Crippen LogP contribution in [0.3, 0.4) is 0 Å². The van der Waals surface area contributed by atoms with Gasteiger partial charge in [0.2, 0.25) is 5.95 Å². The minimum atomic E-state index is 0.577. The van der Waals surface area contributed by atoms with E-state index >= 15 is 0 Å². The van der Waals surface area contributed by atoms with Crippen LogP contribution in [0.4, 0.5) is 0 Å². The van der Waals surface area contributed by atoms with Crippen LogP contribution < -0.4 is 0 Å². The Morgan fingerprint density at radius 3 is 1.85 bits per heavy atom. The number of rotatable bonds is 3. The van der Waals surface area contributed by atoms with Gasteiger partial charge in [0.1, 0.15) is 11.2 Å². The minimum Gasteiger partial charge on any atom is -0.456 e. The summed E-state index contributed by atoms with van der Waals surface area (Å²) < 4.78 is 8.48. The van der Waals surface area contributed by atoms with Gasteiger partial charge in [-0.25, -0.2) is 4.98 Å². The van der Waals surface area contributed by atoms with Gasteiger partial charge in [0.15, 0.2) is 11.6 Å². The maximum Gasteiger partial charge on any atom is 0.238 e. The molecule has 0 atom stereocenters. The highest BCUT2D eigenvalue weighted by Crippen LogP contribution is 2.38. The van der Waals surface area contributed by atoms with Crippen LogP contribution in [0.2, 0.25) is 0 Å². The van der Waals surface area contributed by atoms with Crippen LogP contribution in [0, 0.1) is 0 Å². The lowest BCUT2D eigenvalue weighted by Crippen LogP contribution is -2.06. The molecule has 0 fully saturated rings. The van der Waals surface area contributed by atoms with Crippen LogP contribution in [0.15, 0.2) is 150 Å². The van der Waals surface area contributed by atoms with Crippen molar-refractivity contribution in [2.24, 2.45) is 0 Å². The van der Waals surface area contributed by atoms with Crippen molar-refractivity contribution >= 4 is 65.3 Å². The molecule has 0 aliphatic heterocycles. The third kappa shape index (κ3) is 3.66. The number of aromatic nitrogens is 4. The van der Waals surface area contributed by atoms with Gasteiger partial charge in [0, 0.05) is 32.7 Å². The number of hydrogen-bond acceptors (Lipinski definition) is 4. The van der Waals surface area contributed by atoms with Crippen molar-refractivity contribution in [2.75, 3.05) is 0 Å². The smallest absolute Gasteiger partial charge is 0.238 e. The summed E-state index contributed by atoms with van der Waals surface area (Å²) in [7, 11) is 0. The predicted molar refractivity (Wildman–Crippen MR) is 187 cm³/mol. The second kappa shape index (κ2) is 9.58. The number of furan rings is 1.